The number of amides is 1. The minimum atomic E-state index is -3.55. The van der Waals surface area contributed by atoms with Crippen LogP contribution in [-0.4, -0.2) is 27.4 Å². The van der Waals surface area contributed by atoms with E-state index in [-0.39, 0.29) is 22.8 Å². The van der Waals surface area contributed by atoms with Crippen LogP contribution in [0.4, 0.5) is 5.69 Å². The molecule has 4 atom stereocenters. The van der Waals surface area contributed by atoms with Gasteiger partial charge in [-0.3, -0.25) is 4.79 Å². The molecule has 2 bridgehead atoms. The fraction of sp³-hybridized carbons (Fsp3) is 0.562. The molecule has 1 aromatic carbocycles. The summed E-state index contributed by atoms with van der Waals surface area (Å²) in [4.78, 5) is 12.8. The molecule has 1 aromatic rings. The Labute approximate surface area is 136 Å². The zero-order chi connectivity index (χ0) is 16.8. The maximum absolute atomic E-state index is 12.6. The van der Waals surface area contributed by atoms with Crippen molar-refractivity contribution in [1.82, 2.24) is 4.72 Å². The second-order valence-corrected chi connectivity index (χ2v) is 8.47. The van der Waals surface area contributed by atoms with Gasteiger partial charge in [0.2, 0.25) is 15.9 Å². The van der Waals surface area contributed by atoms with E-state index >= 15 is 0 Å². The highest BCUT2D eigenvalue weighted by Gasteiger charge is 2.49. The van der Waals surface area contributed by atoms with Gasteiger partial charge in [0.1, 0.15) is 0 Å². The van der Waals surface area contributed by atoms with Gasteiger partial charge in [0.05, 0.1) is 10.8 Å². The number of nitrogens with two attached hydrogens (primary N) is 1. The first-order valence-electron chi connectivity index (χ1n) is 7.94. The number of carbonyl (C=O) groups is 1. The van der Waals surface area contributed by atoms with Crippen molar-refractivity contribution in [1.29, 1.82) is 0 Å². The normalized spacial score (nSPS) is 29.7. The van der Waals surface area contributed by atoms with Crippen molar-refractivity contribution in [2.24, 2.45) is 23.5 Å². The summed E-state index contributed by atoms with van der Waals surface area (Å²) in [6.07, 6.45) is 3.21. The highest BCUT2D eigenvalue weighted by atomic mass is 32.2. The molecule has 0 saturated heterocycles. The third kappa shape index (κ3) is 2.88. The van der Waals surface area contributed by atoms with Crippen LogP contribution in [-0.2, 0) is 14.8 Å². The lowest BCUT2D eigenvalue weighted by Gasteiger charge is -2.27. The Kier molecular flexibility index (Phi) is 4.20. The fourth-order valence-electron chi connectivity index (χ4n) is 4.03. The molecular formula is C16H23N3O3S. The largest absolute Gasteiger partial charge is 0.327 e. The van der Waals surface area contributed by atoms with E-state index in [2.05, 4.69) is 10.0 Å². The Morgan fingerprint density at radius 1 is 1.26 bits per heavy atom. The smallest absolute Gasteiger partial charge is 0.240 e. The van der Waals surface area contributed by atoms with Gasteiger partial charge in [-0.15, -0.1) is 0 Å². The van der Waals surface area contributed by atoms with Crippen LogP contribution >= 0.6 is 0 Å². The fourth-order valence-corrected chi connectivity index (χ4v) is 5.02. The van der Waals surface area contributed by atoms with Gasteiger partial charge in [0.25, 0.3) is 0 Å². The van der Waals surface area contributed by atoms with Crippen molar-refractivity contribution in [3.05, 3.63) is 23.8 Å². The van der Waals surface area contributed by atoms with Gasteiger partial charge < -0.3 is 11.1 Å². The summed E-state index contributed by atoms with van der Waals surface area (Å²) in [5.41, 5.74) is 7.32. The number of hydrogen-bond donors (Lipinski definition) is 3. The lowest BCUT2D eigenvalue weighted by molar-refractivity contribution is -0.121. The summed E-state index contributed by atoms with van der Waals surface area (Å²) < 4.78 is 26.4. The zero-order valence-electron chi connectivity index (χ0n) is 13.4. The maximum Gasteiger partial charge on any atom is 0.240 e. The van der Waals surface area contributed by atoms with Crippen LogP contribution in [0.3, 0.4) is 0 Å². The molecule has 2 fully saturated rings. The molecule has 0 spiro atoms. The molecule has 7 heteroatoms. The predicted molar refractivity (Wildman–Crippen MR) is 88.4 cm³/mol. The van der Waals surface area contributed by atoms with Crippen molar-refractivity contribution in [3.8, 4) is 0 Å². The molecular weight excluding hydrogens is 314 g/mol. The number of rotatable bonds is 4. The van der Waals surface area contributed by atoms with Crippen LogP contribution in [0.2, 0.25) is 0 Å². The van der Waals surface area contributed by atoms with Crippen LogP contribution in [0.25, 0.3) is 0 Å². The number of sulfonamides is 1. The van der Waals surface area contributed by atoms with Gasteiger partial charge in [-0.05, 0) is 62.8 Å². The quantitative estimate of drug-likeness (QED) is 0.769. The highest BCUT2D eigenvalue weighted by Crippen LogP contribution is 2.47. The highest BCUT2D eigenvalue weighted by molar-refractivity contribution is 7.89. The standard InChI is InChI=1S/C16H23N3O3S/c1-9-3-6-12(8-13(9)23(21,22)18-2)19-16(20)14-10-4-5-11(7-10)15(14)17/h3,6,8,10-11,14-15,18H,4-5,7,17H2,1-2H3,(H,19,20). The van der Waals surface area contributed by atoms with E-state index in [1.54, 1.807) is 19.1 Å². The van der Waals surface area contributed by atoms with Crippen molar-refractivity contribution in [2.75, 3.05) is 12.4 Å². The van der Waals surface area contributed by atoms with Gasteiger partial charge in [-0.1, -0.05) is 6.07 Å². The number of fused-ring (bicyclic) bond motifs is 2. The molecule has 0 heterocycles. The second kappa shape index (κ2) is 5.89. The van der Waals surface area contributed by atoms with E-state index in [1.165, 1.54) is 13.1 Å². The molecule has 0 aromatic heterocycles. The Hall–Kier alpha value is -1.44. The molecule has 2 aliphatic rings. The molecule has 2 aliphatic carbocycles. The topological polar surface area (TPSA) is 101 Å². The van der Waals surface area contributed by atoms with Gasteiger partial charge in [0.15, 0.2) is 0 Å². The zero-order valence-corrected chi connectivity index (χ0v) is 14.2. The predicted octanol–water partition coefficient (Wildman–Crippen LogP) is 1.22. The number of hydrogen-bond acceptors (Lipinski definition) is 4. The van der Waals surface area contributed by atoms with E-state index in [0.29, 0.717) is 23.1 Å². The van der Waals surface area contributed by atoms with Crippen molar-refractivity contribution in [3.63, 3.8) is 0 Å². The number of carbonyl (C=O) groups excluding carboxylic acids is 1. The SMILES string of the molecule is CNS(=O)(=O)c1cc(NC(=O)C2C3CCC(C3)C2N)ccc1C. The van der Waals surface area contributed by atoms with E-state index in [1.807, 2.05) is 0 Å². The molecule has 1 amide bonds. The van der Waals surface area contributed by atoms with E-state index in [9.17, 15) is 13.2 Å². The Morgan fingerprint density at radius 3 is 2.57 bits per heavy atom. The Bertz CT molecular complexity index is 730. The third-order valence-electron chi connectivity index (χ3n) is 5.30. The summed E-state index contributed by atoms with van der Waals surface area (Å²) in [5, 5.41) is 2.85. The van der Waals surface area contributed by atoms with Crippen molar-refractivity contribution in [2.45, 2.75) is 37.1 Å². The van der Waals surface area contributed by atoms with Crippen LogP contribution in [0.5, 0.6) is 0 Å². The first-order valence-corrected chi connectivity index (χ1v) is 9.42. The Balaban J connectivity index is 1.81. The molecule has 4 N–H and O–H groups in total. The number of benzene rings is 1. The van der Waals surface area contributed by atoms with E-state index in [0.717, 1.165) is 19.3 Å². The summed E-state index contributed by atoms with van der Waals surface area (Å²) in [6, 6.07) is 4.83. The molecule has 6 nitrogen and oxygen atoms in total. The van der Waals surface area contributed by atoms with E-state index in [4.69, 9.17) is 5.73 Å². The van der Waals surface area contributed by atoms with Crippen LogP contribution in [0, 0.1) is 24.7 Å². The monoisotopic (exact) mass is 337 g/mol. The summed E-state index contributed by atoms with van der Waals surface area (Å²) in [6.45, 7) is 1.72. The Morgan fingerprint density at radius 2 is 1.96 bits per heavy atom. The third-order valence-corrected chi connectivity index (χ3v) is 6.85. The number of anilines is 1. The van der Waals surface area contributed by atoms with Crippen molar-refractivity contribution >= 4 is 21.6 Å². The molecule has 2 saturated carbocycles. The van der Waals surface area contributed by atoms with Crippen LogP contribution in [0.15, 0.2) is 23.1 Å². The molecule has 0 radical (unpaired) electrons. The summed E-state index contributed by atoms with van der Waals surface area (Å²) in [7, 11) is -2.18. The second-order valence-electron chi connectivity index (χ2n) is 6.61. The first-order chi connectivity index (χ1) is 10.8. The lowest BCUT2D eigenvalue weighted by Crippen LogP contribution is -2.42. The van der Waals surface area contributed by atoms with Gasteiger partial charge >= 0.3 is 0 Å². The minimum Gasteiger partial charge on any atom is -0.327 e. The minimum absolute atomic E-state index is 0.0836. The molecule has 3 rings (SSSR count). The molecule has 0 aliphatic heterocycles. The average Bonchev–Trinajstić information content (AvgIpc) is 3.09. The number of nitrogens with one attached hydrogen (secondary N) is 2. The van der Waals surface area contributed by atoms with Gasteiger partial charge in [-0.2, -0.15) is 0 Å². The van der Waals surface area contributed by atoms with Crippen LogP contribution < -0.4 is 15.8 Å². The maximum atomic E-state index is 12.6. The van der Waals surface area contributed by atoms with Gasteiger partial charge in [-0.25, -0.2) is 13.1 Å². The molecule has 23 heavy (non-hydrogen) atoms. The van der Waals surface area contributed by atoms with Crippen LogP contribution in [0.1, 0.15) is 24.8 Å². The first kappa shape index (κ1) is 16.4. The summed E-state index contributed by atoms with van der Waals surface area (Å²) >= 11 is 0. The van der Waals surface area contributed by atoms with E-state index < -0.39 is 10.0 Å². The average molecular weight is 337 g/mol. The number of aryl methyl sites for hydroxylation is 1. The summed E-state index contributed by atoms with van der Waals surface area (Å²) in [5.74, 6) is 0.552. The van der Waals surface area contributed by atoms with Gasteiger partial charge in [0, 0.05) is 11.7 Å². The molecule has 126 valence electrons. The molecule has 4 unspecified atom stereocenters. The lowest BCUT2D eigenvalue weighted by atomic mass is 9.84. The van der Waals surface area contributed by atoms with Crippen molar-refractivity contribution < 1.29 is 13.2 Å².